The van der Waals surface area contributed by atoms with Crippen molar-refractivity contribution >= 4 is 17.3 Å². The van der Waals surface area contributed by atoms with Crippen molar-refractivity contribution in [3.63, 3.8) is 0 Å². The van der Waals surface area contributed by atoms with Gasteiger partial charge in [-0.15, -0.1) is 0 Å². The Morgan fingerprint density at radius 2 is 1.07 bits per heavy atom. The maximum atomic E-state index is 6.87. The molecular formula is C36H26ClNO3. The number of nitrogens with zero attached hydrogens (tertiary/aromatic N) is 1. The molecule has 41 heavy (non-hydrogen) atoms. The first kappa shape index (κ1) is 25.2. The highest BCUT2D eigenvalue weighted by atomic mass is 35.5. The Hall–Kier alpha value is -4.77. The number of para-hydroxylation sites is 1. The number of hydroxylamine groups is 1. The summed E-state index contributed by atoms with van der Waals surface area (Å²) in [5.41, 5.74) is 5.51. The lowest BCUT2D eigenvalue weighted by Gasteiger charge is -2.32. The molecule has 7 rings (SSSR count). The third-order valence-corrected chi connectivity index (χ3v) is 7.43. The number of rotatable bonds is 5. The van der Waals surface area contributed by atoms with Crippen LogP contribution in [0, 0.1) is 0 Å². The zero-order valence-electron chi connectivity index (χ0n) is 22.1. The predicted molar refractivity (Wildman–Crippen MR) is 163 cm³/mol. The fraction of sp³-hybridized carbons (Fsp3) is 0.0556. The second kappa shape index (κ2) is 11.0. The molecular weight excluding hydrogens is 530 g/mol. The van der Waals surface area contributed by atoms with Gasteiger partial charge in [0.15, 0.2) is 11.5 Å². The van der Waals surface area contributed by atoms with E-state index >= 15 is 0 Å². The highest BCUT2D eigenvalue weighted by molar-refractivity contribution is 6.30. The molecule has 200 valence electrons. The van der Waals surface area contributed by atoms with E-state index in [1.807, 2.05) is 126 Å². The van der Waals surface area contributed by atoms with Crippen LogP contribution in [0.3, 0.4) is 0 Å². The minimum Gasteiger partial charge on any atom is -0.454 e. The molecule has 2 heterocycles. The van der Waals surface area contributed by atoms with Crippen molar-refractivity contribution in [1.29, 1.82) is 0 Å². The molecule has 1 aliphatic heterocycles. The second-order valence-electron chi connectivity index (χ2n) is 9.82. The van der Waals surface area contributed by atoms with Crippen LogP contribution in [-0.4, -0.2) is 0 Å². The van der Waals surface area contributed by atoms with Crippen LogP contribution in [-0.2, 0) is 4.84 Å². The molecule has 0 saturated heterocycles. The molecule has 4 nitrogen and oxygen atoms in total. The van der Waals surface area contributed by atoms with Crippen molar-refractivity contribution in [3.05, 3.63) is 167 Å². The van der Waals surface area contributed by atoms with E-state index in [4.69, 9.17) is 25.6 Å². The summed E-state index contributed by atoms with van der Waals surface area (Å²) in [6.07, 6.45) is -0.740. The lowest BCUT2D eigenvalue weighted by atomic mass is 9.94. The fourth-order valence-corrected chi connectivity index (χ4v) is 5.39. The Morgan fingerprint density at radius 3 is 1.71 bits per heavy atom. The van der Waals surface area contributed by atoms with Gasteiger partial charge in [-0.05, 0) is 42.0 Å². The third kappa shape index (κ3) is 4.89. The average Bonchev–Trinajstić information content (AvgIpc) is 3.31. The summed E-state index contributed by atoms with van der Waals surface area (Å²) in [5, 5.41) is 2.60. The molecule has 1 aliphatic rings. The molecule has 6 aromatic rings. The van der Waals surface area contributed by atoms with Crippen molar-refractivity contribution in [1.82, 2.24) is 0 Å². The van der Waals surface area contributed by atoms with E-state index < -0.39 is 6.29 Å². The summed E-state index contributed by atoms with van der Waals surface area (Å²) in [4.78, 5) is 6.84. The maximum Gasteiger partial charge on any atom is 0.250 e. The monoisotopic (exact) mass is 555 g/mol. The lowest BCUT2D eigenvalue weighted by Crippen LogP contribution is -2.30. The number of hydrogen-bond donors (Lipinski definition) is 0. The van der Waals surface area contributed by atoms with Crippen molar-refractivity contribution in [2.45, 2.75) is 12.3 Å². The molecule has 0 spiro atoms. The quantitative estimate of drug-likeness (QED) is 0.212. The van der Waals surface area contributed by atoms with Gasteiger partial charge < -0.3 is 9.15 Å². The predicted octanol–water partition coefficient (Wildman–Crippen LogP) is 9.89. The largest absolute Gasteiger partial charge is 0.454 e. The number of anilines is 1. The van der Waals surface area contributed by atoms with Gasteiger partial charge in [0.25, 0.3) is 0 Å². The first-order valence-electron chi connectivity index (χ1n) is 13.5. The van der Waals surface area contributed by atoms with Gasteiger partial charge in [0, 0.05) is 21.7 Å². The van der Waals surface area contributed by atoms with Crippen LogP contribution in [0.5, 0.6) is 5.75 Å². The number of halogens is 1. The number of benzene rings is 5. The molecule has 0 aliphatic carbocycles. The van der Waals surface area contributed by atoms with E-state index in [1.165, 1.54) is 0 Å². The smallest absolute Gasteiger partial charge is 0.250 e. The lowest BCUT2D eigenvalue weighted by molar-refractivity contribution is -0.0935. The van der Waals surface area contributed by atoms with Crippen LogP contribution in [0.2, 0.25) is 5.02 Å². The standard InChI is InChI=1S/C36H26ClNO3/c37-29-23-21-27(22-24-29)34-35-31(33(39-34)26-15-7-2-8-16-26)32(25-13-5-1-6-14-25)38(30-19-11-4-12-20-30)41-36(40-35)28-17-9-3-10-18-28/h1-24,32,36H/t32-,36+/m1/s1. The normalized spacial score (nSPS) is 16.5. The molecule has 0 bridgehead atoms. The molecule has 0 radical (unpaired) electrons. The first-order valence-corrected chi connectivity index (χ1v) is 13.9. The Balaban J connectivity index is 1.55. The van der Waals surface area contributed by atoms with Gasteiger partial charge >= 0.3 is 0 Å². The number of hydrogen-bond acceptors (Lipinski definition) is 4. The molecule has 0 saturated carbocycles. The van der Waals surface area contributed by atoms with Crippen LogP contribution in [0.25, 0.3) is 22.6 Å². The van der Waals surface area contributed by atoms with E-state index in [1.54, 1.807) is 0 Å². The number of fused-ring (bicyclic) bond motifs is 1. The van der Waals surface area contributed by atoms with Crippen LogP contribution in [0.4, 0.5) is 5.69 Å². The molecule has 0 fully saturated rings. The topological polar surface area (TPSA) is 34.8 Å². The summed E-state index contributed by atoms with van der Waals surface area (Å²) < 4.78 is 13.7. The van der Waals surface area contributed by atoms with E-state index in [2.05, 4.69) is 24.3 Å². The SMILES string of the molecule is Clc1ccc(-c2oc(-c3ccccc3)c3c2O[C@H](c2ccccc2)ON(c2ccccc2)[C@@H]3c2ccccc2)cc1. The third-order valence-electron chi connectivity index (χ3n) is 7.18. The summed E-state index contributed by atoms with van der Waals surface area (Å²) in [7, 11) is 0. The Morgan fingerprint density at radius 1 is 0.537 bits per heavy atom. The van der Waals surface area contributed by atoms with Gasteiger partial charge in [0.1, 0.15) is 11.8 Å². The van der Waals surface area contributed by atoms with Gasteiger partial charge in [-0.1, -0.05) is 121 Å². The highest BCUT2D eigenvalue weighted by Gasteiger charge is 2.40. The van der Waals surface area contributed by atoms with Crippen molar-refractivity contribution in [3.8, 4) is 28.4 Å². The molecule has 1 aromatic heterocycles. The van der Waals surface area contributed by atoms with Gasteiger partial charge in [-0.25, -0.2) is 9.90 Å². The van der Waals surface area contributed by atoms with Gasteiger partial charge in [-0.3, -0.25) is 0 Å². The van der Waals surface area contributed by atoms with E-state index in [9.17, 15) is 0 Å². The van der Waals surface area contributed by atoms with Crippen LogP contribution in [0.1, 0.15) is 29.0 Å². The Bertz CT molecular complexity index is 1740. The molecule has 5 aromatic carbocycles. The molecule has 0 N–H and O–H groups in total. The second-order valence-corrected chi connectivity index (χ2v) is 10.3. The van der Waals surface area contributed by atoms with Crippen LogP contribution in [0.15, 0.2) is 150 Å². The van der Waals surface area contributed by atoms with Crippen molar-refractivity contribution < 1.29 is 14.0 Å². The first-order chi connectivity index (χ1) is 20.3. The molecule has 5 heteroatoms. The van der Waals surface area contributed by atoms with Crippen molar-refractivity contribution in [2.24, 2.45) is 0 Å². The van der Waals surface area contributed by atoms with Gasteiger partial charge in [0.05, 0.1) is 11.3 Å². The van der Waals surface area contributed by atoms with E-state index in [0.29, 0.717) is 16.5 Å². The minimum atomic E-state index is -0.740. The summed E-state index contributed by atoms with van der Waals surface area (Å²) in [6, 6.07) is 47.8. The summed E-state index contributed by atoms with van der Waals surface area (Å²) in [5.74, 6) is 1.97. The van der Waals surface area contributed by atoms with E-state index in [0.717, 1.165) is 39.3 Å². The van der Waals surface area contributed by atoms with Gasteiger partial charge in [-0.2, -0.15) is 0 Å². The summed E-state index contributed by atoms with van der Waals surface area (Å²) >= 11 is 6.27. The van der Waals surface area contributed by atoms with Crippen LogP contribution < -0.4 is 9.80 Å². The maximum absolute atomic E-state index is 6.87. The van der Waals surface area contributed by atoms with Crippen molar-refractivity contribution in [2.75, 3.05) is 5.06 Å². The fourth-order valence-electron chi connectivity index (χ4n) is 5.26. The van der Waals surface area contributed by atoms with Crippen LogP contribution >= 0.6 is 11.6 Å². The number of furan rings is 1. The zero-order valence-corrected chi connectivity index (χ0v) is 22.8. The van der Waals surface area contributed by atoms with Gasteiger partial charge in [0.2, 0.25) is 6.29 Å². The van der Waals surface area contributed by atoms with E-state index in [-0.39, 0.29) is 6.04 Å². The molecule has 0 amide bonds. The highest BCUT2D eigenvalue weighted by Crippen LogP contribution is 2.53. The zero-order chi connectivity index (χ0) is 27.6. The number of ether oxygens (including phenoxy) is 1. The molecule has 0 unspecified atom stereocenters. The molecule has 2 atom stereocenters. The Labute approximate surface area is 243 Å². The average molecular weight is 556 g/mol. The summed E-state index contributed by atoms with van der Waals surface area (Å²) in [6.45, 7) is 0. The Kier molecular flexibility index (Phi) is 6.77. The minimum absolute atomic E-state index is 0.387.